The maximum absolute atomic E-state index is 13.9. The normalized spacial score (nSPS) is 16.2. The van der Waals surface area contributed by atoms with Gasteiger partial charge < -0.3 is 29.6 Å². The Bertz CT molecular complexity index is 1690. The van der Waals surface area contributed by atoms with E-state index in [1.807, 2.05) is 6.92 Å². The Morgan fingerprint density at radius 1 is 1.06 bits per heavy atom. The van der Waals surface area contributed by atoms with E-state index in [1.54, 1.807) is 35.4 Å². The van der Waals surface area contributed by atoms with Crippen LogP contribution in [0.1, 0.15) is 42.6 Å². The van der Waals surface area contributed by atoms with Crippen molar-refractivity contribution >= 4 is 29.3 Å². The van der Waals surface area contributed by atoms with Gasteiger partial charge in [-0.3, -0.25) is 14.8 Å². The lowest BCUT2D eigenvalue weighted by atomic mass is 9.95. The van der Waals surface area contributed by atoms with Crippen molar-refractivity contribution in [2.75, 3.05) is 46.7 Å². The van der Waals surface area contributed by atoms with Gasteiger partial charge in [0.1, 0.15) is 23.4 Å². The molecule has 2 N–H and O–H groups in total. The number of carbonyl (C=O) groups excluding carboxylic acids is 2. The van der Waals surface area contributed by atoms with E-state index in [9.17, 15) is 14.0 Å². The summed E-state index contributed by atoms with van der Waals surface area (Å²) in [5.41, 5.74) is 1.92. The van der Waals surface area contributed by atoms with E-state index in [0.717, 1.165) is 0 Å². The standard InChI is InChI=1S/C32H37ClFN9O6/c1-32(40-41-32)8-5-27(44)36-11-13-47-15-16-48-14-12-43-18-23(39-42-43)19-49-20-26-28(31(45)46-2)29(24-4-3-22(34)17-25(24)33)38-30(37-26)21-6-9-35-10-7-21/h3-4,6-7,9-10,17-18,29H,5,8,11-16,19-20H2,1-2H3,(H,36,44)(H,37,38). The number of nitrogens with zero attached hydrogens (tertiary/aromatic N) is 7. The molecular formula is C32H37ClFN9O6. The number of carbonyl (C=O) groups is 2. The van der Waals surface area contributed by atoms with Gasteiger partial charge in [-0.15, -0.1) is 5.10 Å². The highest BCUT2D eigenvalue weighted by atomic mass is 35.5. The summed E-state index contributed by atoms with van der Waals surface area (Å²) < 4.78 is 37.7. The van der Waals surface area contributed by atoms with E-state index in [1.165, 1.54) is 25.3 Å². The molecule has 0 saturated heterocycles. The predicted octanol–water partition coefficient (Wildman–Crippen LogP) is 3.31. The van der Waals surface area contributed by atoms with Crippen LogP contribution in [0.25, 0.3) is 0 Å². The molecule has 0 aliphatic carbocycles. The van der Waals surface area contributed by atoms with Gasteiger partial charge in [-0.05, 0) is 31.2 Å². The number of pyridine rings is 1. The highest BCUT2D eigenvalue weighted by Crippen LogP contribution is 2.36. The molecule has 0 spiro atoms. The molecule has 5 rings (SSSR count). The molecule has 2 aliphatic rings. The van der Waals surface area contributed by atoms with E-state index >= 15 is 0 Å². The topological polar surface area (TPSA) is 176 Å². The van der Waals surface area contributed by atoms with Crippen LogP contribution >= 0.6 is 11.6 Å². The highest BCUT2D eigenvalue weighted by Gasteiger charge is 2.34. The Labute approximate surface area is 286 Å². The number of rotatable bonds is 19. The third-order valence-electron chi connectivity index (χ3n) is 7.50. The second-order valence-corrected chi connectivity index (χ2v) is 11.7. The number of esters is 1. The van der Waals surface area contributed by atoms with Crippen LogP contribution in [0.5, 0.6) is 0 Å². The van der Waals surface area contributed by atoms with Crippen LogP contribution in [-0.2, 0) is 41.7 Å². The van der Waals surface area contributed by atoms with Gasteiger partial charge in [0.05, 0.1) is 70.8 Å². The highest BCUT2D eigenvalue weighted by molar-refractivity contribution is 6.31. The van der Waals surface area contributed by atoms with E-state index < -0.39 is 17.8 Å². The molecule has 2 aromatic heterocycles. The first-order chi connectivity index (χ1) is 23.7. The van der Waals surface area contributed by atoms with Gasteiger partial charge >= 0.3 is 5.97 Å². The van der Waals surface area contributed by atoms with E-state index in [0.29, 0.717) is 80.7 Å². The van der Waals surface area contributed by atoms with Crippen molar-refractivity contribution in [1.29, 1.82) is 0 Å². The Hall–Kier alpha value is -4.64. The Kier molecular flexibility index (Phi) is 12.5. The monoisotopic (exact) mass is 697 g/mol. The van der Waals surface area contributed by atoms with Crippen molar-refractivity contribution in [1.82, 2.24) is 30.6 Å². The molecule has 0 saturated carbocycles. The summed E-state index contributed by atoms with van der Waals surface area (Å²) in [5, 5.41) is 22.2. The van der Waals surface area contributed by atoms with Crippen molar-refractivity contribution < 1.29 is 32.9 Å². The van der Waals surface area contributed by atoms with Gasteiger partial charge in [0.25, 0.3) is 0 Å². The minimum atomic E-state index is -0.894. The van der Waals surface area contributed by atoms with Crippen molar-refractivity contribution in [3.8, 4) is 0 Å². The van der Waals surface area contributed by atoms with Gasteiger partial charge in [-0.25, -0.2) is 13.9 Å². The van der Waals surface area contributed by atoms with Crippen LogP contribution in [0.15, 0.2) is 75.4 Å². The molecule has 3 aromatic rings. The van der Waals surface area contributed by atoms with Crippen LogP contribution in [0.3, 0.4) is 0 Å². The second-order valence-electron chi connectivity index (χ2n) is 11.2. The first-order valence-corrected chi connectivity index (χ1v) is 16.0. The predicted molar refractivity (Wildman–Crippen MR) is 174 cm³/mol. The molecule has 0 bridgehead atoms. The zero-order chi connectivity index (χ0) is 34.6. The van der Waals surface area contributed by atoms with Crippen molar-refractivity contribution in [3.63, 3.8) is 0 Å². The number of hydrogen-bond donors (Lipinski definition) is 2. The number of halogens is 2. The van der Waals surface area contributed by atoms with Gasteiger partial charge in [-0.1, -0.05) is 22.9 Å². The average Bonchev–Trinajstić information content (AvgIpc) is 3.67. The summed E-state index contributed by atoms with van der Waals surface area (Å²) in [6.45, 7) is 4.40. The molecule has 15 nitrogen and oxygen atoms in total. The molecule has 4 heterocycles. The number of amidine groups is 1. The van der Waals surface area contributed by atoms with Crippen molar-refractivity contribution in [2.24, 2.45) is 15.2 Å². The van der Waals surface area contributed by atoms with Crippen LogP contribution in [0, 0.1) is 5.82 Å². The number of aromatic nitrogens is 4. The first kappa shape index (κ1) is 35.7. The maximum Gasteiger partial charge on any atom is 0.338 e. The summed E-state index contributed by atoms with van der Waals surface area (Å²) in [5.74, 6) is -0.751. The number of hydrogen-bond acceptors (Lipinski definition) is 13. The van der Waals surface area contributed by atoms with E-state index in [4.69, 9.17) is 35.5 Å². The third kappa shape index (κ3) is 10.4. The maximum atomic E-state index is 13.9. The summed E-state index contributed by atoms with van der Waals surface area (Å²) in [6.07, 6.45) is 5.97. The van der Waals surface area contributed by atoms with Gasteiger partial charge in [0.15, 0.2) is 5.66 Å². The fourth-order valence-corrected chi connectivity index (χ4v) is 5.07. The molecule has 49 heavy (non-hydrogen) atoms. The van der Waals surface area contributed by atoms with Gasteiger partial charge in [0.2, 0.25) is 5.91 Å². The van der Waals surface area contributed by atoms with E-state index in [2.05, 4.69) is 36.2 Å². The Morgan fingerprint density at radius 2 is 1.84 bits per heavy atom. The number of nitrogens with one attached hydrogen (secondary N) is 2. The van der Waals surface area contributed by atoms with E-state index in [-0.39, 0.29) is 35.4 Å². The van der Waals surface area contributed by atoms with Crippen LogP contribution in [0.2, 0.25) is 5.02 Å². The van der Waals surface area contributed by atoms with Crippen LogP contribution in [-0.4, -0.2) is 90.0 Å². The largest absolute Gasteiger partial charge is 0.466 e. The number of benzene rings is 1. The quantitative estimate of drug-likeness (QED) is 0.140. The van der Waals surface area contributed by atoms with Crippen LogP contribution < -0.4 is 10.6 Å². The number of amides is 1. The second kappa shape index (κ2) is 17.1. The van der Waals surface area contributed by atoms with Gasteiger partial charge in [0, 0.05) is 47.9 Å². The zero-order valence-corrected chi connectivity index (χ0v) is 27.9. The minimum Gasteiger partial charge on any atom is -0.466 e. The molecule has 1 atom stereocenters. The average molecular weight is 698 g/mol. The summed E-state index contributed by atoms with van der Waals surface area (Å²) in [7, 11) is 1.27. The molecule has 1 unspecified atom stereocenters. The molecule has 0 fully saturated rings. The number of methoxy groups -OCH3 is 1. The van der Waals surface area contributed by atoms with Crippen molar-refractivity contribution in [2.45, 2.75) is 44.6 Å². The summed E-state index contributed by atoms with van der Waals surface area (Å²) in [4.78, 5) is 33.7. The first-order valence-electron chi connectivity index (χ1n) is 15.6. The lowest BCUT2D eigenvalue weighted by molar-refractivity contribution is -0.136. The summed E-state index contributed by atoms with van der Waals surface area (Å²) >= 11 is 6.42. The Balaban J connectivity index is 1.08. The Morgan fingerprint density at radius 3 is 2.57 bits per heavy atom. The smallest absolute Gasteiger partial charge is 0.338 e. The molecule has 260 valence electrons. The number of aliphatic imine (C=N–C) groups is 1. The summed E-state index contributed by atoms with van der Waals surface area (Å²) in [6, 6.07) is 6.56. The molecule has 1 amide bonds. The molecular weight excluding hydrogens is 661 g/mol. The fourth-order valence-electron chi connectivity index (χ4n) is 4.80. The molecule has 1 aromatic carbocycles. The molecule has 0 radical (unpaired) electrons. The van der Waals surface area contributed by atoms with Crippen LogP contribution in [0.4, 0.5) is 4.39 Å². The molecule has 2 aliphatic heterocycles. The SMILES string of the molecule is COC(=O)C1=C(COCc2cn(CCOCCOCCNC(=O)CCC3(C)N=N3)nn2)NC(c2ccncc2)=NC1c1ccc(F)cc1Cl. The lowest BCUT2D eigenvalue weighted by Crippen LogP contribution is -2.35. The zero-order valence-electron chi connectivity index (χ0n) is 27.1. The number of ether oxygens (including phenoxy) is 4. The third-order valence-corrected chi connectivity index (χ3v) is 7.82. The van der Waals surface area contributed by atoms with Crippen molar-refractivity contribution in [3.05, 3.63) is 87.9 Å². The lowest BCUT2D eigenvalue weighted by Gasteiger charge is -2.28. The van der Waals surface area contributed by atoms with Gasteiger partial charge in [-0.2, -0.15) is 10.2 Å². The fraction of sp³-hybridized carbons (Fsp3) is 0.438. The minimum absolute atomic E-state index is 0.0324. The molecule has 17 heteroatoms.